The van der Waals surface area contributed by atoms with Gasteiger partial charge >= 0.3 is 0 Å². The number of rotatable bonds is 5. The number of anilines is 1. The van der Waals surface area contributed by atoms with Crippen LogP contribution < -0.4 is 10.5 Å². The number of fused-ring (bicyclic) bond motifs is 1. The number of ether oxygens (including phenoxy) is 2. The molecule has 6 rings (SSSR count). The van der Waals surface area contributed by atoms with Gasteiger partial charge in [-0.05, 0) is 69.4 Å². The van der Waals surface area contributed by atoms with E-state index in [0.717, 1.165) is 48.2 Å². The Kier molecular flexibility index (Phi) is 6.77. The Bertz CT molecular complexity index is 1430. The van der Waals surface area contributed by atoms with Crippen LogP contribution in [0, 0.1) is 5.82 Å². The molecule has 0 bridgehead atoms. The van der Waals surface area contributed by atoms with Gasteiger partial charge < -0.3 is 24.0 Å². The normalized spacial score (nSPS) is 26.5. The van der Waals surface area contributed by atoms with Gasteiger partial charge in [0.05, 0.1) is 13.2 Å². The van der Waals surface area contributed by atoms with Crippen molar-refractivity contribution >= 4 is 16.9 Å². The van der Waals surface area contributed by atoms with Crippen molar-refractivity contribution < 1.29 is 19.0 Å². The van der Waals surface area contributed by atoms with Crippen LogP contribution in [0.4, 0.5) is 10.2 Å². The summed E-state index contributed by atoms with van der Waals surface area (Å²) in [4.78, 5) is 17.5. The Labute approximate surface area is 227 Å². The maximum absolute atomic E-state index is 14.3. The first-order valence-electron chi connectivity index (χ1n) is 14.0. The summed E-state index contributed by atoms with van der Waals surface area (Å²) in [6.07, 6.45) is 2.84. The second-order valence-electron chi connectivity index (χ2n) is 11.5. The Morgan fingerprint density at radius 2 is 1.92 bits per heavy atom. The minimum atomic E-state index is -1.15. The Hall–Kier alpha value is -2.79. The SMILES string of the molecule is CC(c1ccc(F)cc1C1(O)COC1)N1C[C@H](C)N(c2c3c(ccc(=O)n3C)nn2C2CCCCO2)C[C@H]1C. The van der Waals surface area contributed by atoms with Gasteiger partial charge in [0, 0.05) is 50.9 Å². The summed E-state index contributed by atoms with van der Waals surface area (Å²) in [6.45, 7) is 9.02. The third-order valence-electron chi connectivity index (χ3n) is 8.82. The molecule has 210 valence electrons. The first kappa shape index (κ1) is 26.4. The smallest absolute Gasteiger partial charge is 0.250 e. The van der Waals surface area contributed by atoms with Gasteiger partial charge in [0.25, 0.3) is 5.56 Å². The molecule has 0 spiro atoms. The summed E-state index contributed by atoms with van der Waals surface area (Å²) in [6, 6.07) is 8.28. The summed E-state index contributed by atoms with van der Waals surface area (Å²) in [5.41, 5.74) is 1.91. The predicted octanol–water partition coefficient (Wildman–Crippen LogP) is 3.45. The van der Waals surface area contributed by atoms with Gasteiger partial charge in [-0.3, -0.25) is 9.69 Å². The van der Waals surface area contributed by atoms with Crippen LogP contribution >= 0.6 is 0 Å². The summed E-state index contributed by atoms with van der Waals surface area (Å²) in [5, 5.41) is 16.0. The average Bonchev–Trinajstić information content (AvgIpc) is 3.30. The van der Waals surface area contributed by atoms with Crippen molar-refractivity contribution in [3.63, 3.8) is 0 Å². The fourth-order valence-corrected chi connectivity index (χ4v) is 6.54. The lowest BCUT2D eigenvalue weighted by atomic mass is 9.85. The van der Waals surface area contributed by atoms with Gasteiger partial charge in [-0.2, -0.15) is 5.10 Å². The lowest BCUT2D eigenvalue weighted by Crippen LogP contribution is -2.58. The second-order valence-corrected chi connectivity index (χ2v) is 11.5. The molecule has 39 heavy (non-hydrogen) atoms. The first-order chi connectivity index (χ1) is 18.7. The number of aryl methyl sites for hydroxylation is 1. The van der Waals surface area contributed by atoms with E-state index in [1.807, 2.05) is 4.68 Å². The largest absolute Gasteiger partial charge is 0.380 e. The molecule has 10 heteroatoms. The number of hydrogen-bond donors (Lipinski definition) is 1. The lowest BCUT2D eigenvalue weighted by molar-refractivity contribution is -0.185. The molecule has 0 radical (unpaired) electrons. The van der Waals surface area contributed by atoms with E-state index in [1.54, 1.807) is 29.8 Å². The highest BCUT2D eigenvalue weighted by Crippen LogP contribution is 2.40. The van der Waals surface area contributed by atoms with Gasteiger partial charge in [-0.25, -0.2) is 9.07 Å². The summed E-state index contributed by atoms with van der Waals surface area (Å²) in [7, 11) is 1.80. The first-order valence-corrected chi connectivity index (χ1v) is 14.0. The molecule has 2 unspecified atom stereocenters. The van der Waals surface area contributed by atoms with Crippen molar-refractivity contribution in [1.29, 1.82) is 0 Å². The van der Waals surface area contributed by atoms with E-state index in [2.05, 4.69) is 30.6 Å². The quantitative estimate of drug-likeness (QED) is 0.532. The maximum atomic E-state index is 14.3. The average molecular weight is 540 g/mol. The van der Waals surface area contributed by atoms with Gasteiger partial charge in [-0.15, -0.1) is 0 Å². The molecule has 0 saturated carbocycles. The third-order valence-corrected chi connectivity index (χ3v) is 8.82. The van der Waals surface area contributed by atoms with E-state index in [4.69, 9.17) is 14.6 Å². The van der Waals surface area contributed by atoms with Crippen LogP contribution in [-0.4, -0.2) is 69.3 Å². The van der Waals surface area contributed by atoms with E-state index in [-0.39, 0.29) is 48.9 Å². The fraction of sp³-hybridized carbons (Fsp3) is 0.586. The number of pyridine rings is 1. The van der Waals surface area contributed by atoms with E-state index in [1.165, 1.54) is 12.1 Å². The molecule has 1 N–H and O–H groups in total. The minimum Gasteiger partial charge on any atom is -0.380 e. The van der Waals surface area contributed by atoms with Crippen molar-refractivity contribution in [2.24, 2.45) is 7.05 Å². The molecule has 3 fully saturated rings. The van der Waals surface area contributed by atoms with E-state index >= 15 is 0 Å². The van der Waals surface area contributed by atoms with Crippen LogP contribution in [0.5, 0.6) is 0 Å². The minimum absolute atomic E-state index is 0.0440. The number of benzene rings is 1. The molecule has 1 aromatic carbocycles. The highest BCUT2D eigenvalue weighted by atomic mass is 19.1. The fourth-order valence-electron chi connectivity index (χ4n) is 6.54. The molecule has 4 atom stereocenters. The number of halogens is 1. The van der Waals surface area contributed by atoms with E-state index in [9.17, 15) is 14.3 Å². The zero-order valence-electron chi connectivity index (χ0n) is 23.1. The molecule has 5 heterocycles. The maximum Gasteiger partial charge on any atom is 0.250 e. The van der Waals surface area contributed by atoms with Crippen LogP contribution in [0.3, 0.4) is 0 Å². The predicted molar refractivity (Wildman–Crippen MR) is 146 cm³/mol. The molecule has 3 aromatic rings. The monoisotopic (exact) mass is 539 g/mol. The van der Waals surface area contributed by atoms with Crippen LogP contribution in [-0.2, 0) is 22.1 Å². The zero-order chi connectivity index (χ0) is 27.5. The van der Waals surface area contributed by atoms with E-state index in [0.29, 0.717) is 18.7 Å². The molecule has 9 nitrogen and oxygen atoms in total. The summed E-state index contributed by atoms with van der Waals surface area (Å²) >= 11 is 0. The Morgan fingerprint density at radius 1 is 1.13 bits per heavy atom. The van der Waals surface area contributed by atoms with Crippen LogP contribution in [0.25, 0.3) is 11.0 Å². The number of aliphatic hydroxyl groups is 1. The highest BCUT2D eigenvalue weighted by molar-refractivity contribution is 5.87. The number of hydrogen-bond acceptors (Lipinski definition) is 7. The van der Waals surface area contributed by atoms with Gasteiger partial charge in [-0.1, -0.05) is 6.07 Å². The molecule has 3 aliphatic rings. The number of piperazine rings is 1. The molecular weight excluding hydrogens is 501 g/mol. The number of nitrogens with zero attached hydrogens (tertiary/aromatic N) is 5. The highest BCUT2D eigenvalue weighted by Gasteiger charge is 2.43. The van der Waals surface area contributed by atoms with E-state index < -0.39 is 5.60 Å². The zero-order valence-corrected chi connectivity index (χ0v) is 23.1. The van der Waals surface area contributed by atoms with Crippen molar-refractivity contribution in [3.05, 3.63) is 57.6 Å². The number of aromatic nitrogens is 3. The summed E-state index contributed by atoms with van der Waals surface area (Å²) < 4.78 is 29.4. The molecule has 3 aliphatic heterocycles. The molecular formula is C29H38FN5O4. The molecule has 0 amide bonds. The lowest BCUT2D eigenvalue weighted by Gasteiger charge is -2.48. The molecule has 0 aliphatic carbocycles. The Morgan fingerprint density at radius 3 is 2.62 bits per heavy atom. The second kappa shape index (κ2) is 9.99. The molecule has 3 saturated heterocycles. The van der Waals surface area contributed by atoms with Crippen LogP contribution in [0.2, 0.25) is 0 Å². The third kappa shape index (κ3) is 4.47. The van der Waals surface area contributed by atoms with Gasteiger partial charge in [0.1, 0.15) is 22.5 Å². The van der Waals surface area contributed by atoms with Crippen molar-refractivity contribution in [1.82, 2.24) is 19.2 Å². The van der Waals surface area contributed by atoms with Crippen LogP contribution in [0.15, 0.2) is 35.1 Å². The molecule has 2 aromatic heterocycles. The van der Waals surface area contributed by atoms with Gasteiger partial charge in [0.15, 0.2) is 12.0 Å². The van der Waals surface area contributed by atoms with Crippen molar-refractivity contribution in [2.75, 3.05) is 37.8 Å². The van der Waals surface area contributed by atoms with Crippen LogP contribution in [0.1, 0.15) is 63.4 Å². The van der Waals surface area contributed by atoms with Crippen molar-refractivity contribution in [3.8, 4) is 0 Å². The van der Waals surface area contributed by atoms with Gasteiger partial charge in [0.2, 0.25) is 0 Å². The Balaban J connectivity index is 1.35. The summed E-state index contributed by atoms with van der Waals surface area (Å²) in [5.74, 6) is 0.565. The standard InChI is InChI=1S/C29H38FN5O4/c1-18-15-34(28-27-24(10-11-25(36)32(27)4)31-35(28)26-7-5-6-12-39-26)19(2)14-33(18)20(3)22-9-8-21(30)13-23(22)29(37)16-38-17-29/h8-11,13,18-20,26,37H,5-7,12,14-17H2,1-4H3/t18-,19+,20?,26?/m1/s1. The topological polar surface area (TPSA) is 85.0 Å². The van der Waals surface area contributed by atoms with Crippen molar-refractivity contribution in [2.45, 2.75) is 70.0 Å².